The number of para-hydroxylation sites is 2. The second-order valence-corrected chi connectivity index (χ2v) is 8.36. The van der Waals surface area contributed by atoms with E-state index in [2.05, 4.69) is 47.9 Å². The SMILES string of the molecule is CCCCCCCCCCCn1c(Cc2ccc(OC)c(OC)c2)nc2ccccc21. The van der Waals surface area contributed by atoms with E-state index >= 15 is 0 Å². The predicted molar refractivity (Wildman–Crippen MR) is 129 cm³/mol. The molecule has 168 valence electrons. The highest BCUT2D eigenvalue weighted by Gasteiger charge is 2.12. The molecular formula is C27H38N2O2. The first-order chi connectivity index (χ1) is 15.3. The van der Waals surface area contributed by atoms with Gasteiger partial charge in [-0.05, 0) is 36.2 Å². The van der Waals surface area contributed by atoms with Gasteiger partial charge in [0.25, 0.3) is 0 Å². The Morgan fingerprint density at radius 3 is 2.16 bits per heavy atom. The van der Waals surface area contributed by atoms with Gasteiger partial charge in [0.15, 0.2) is 11.5 Å². The summed E-state index contributed by atoms with van der Waals surface area (Å²) in [5, 5.41) is 0. The summed E-state index contributed by atoms with van der Waals surface area (Å²) in [5.41, 5.74) is 3.49. The molecule has 0 bridgehead atoms. The molecule has 0 fully saturated rings. The standard InChI is InChI=1S/C27H38N2O2/c1-4-5-6-7-8-9-10-11-14-19-29-24-16-13-12-15-23(24)28-27(29)21-22-17-18-25(30-2)26(20-22)31-3/h12-13,15-18,20H,4-11,14,19,21H2,1-3H3. The van der Waals surface area contributed by atoms with Crippen LogP contribution in [0.5, 0.6) is 11.5 Å². The maximum atomic E-state index is 5.48. The Kier molecular flexibility index (Phi) is 9.26. The minimum Gasteiger partial charge on any atom is -0.493 e. The number of hydrogen-bond acceptors (Lipinski definition) is 3. The molecule has 0 spiro atoms. The number of unbranched alkanes of at least 4 members (excludes halogenated alkanes) is 8. The first kappa shape index (κ1) is 23.2. The summed E-state index contributed by atoms with van der Waals surface area (Å²) in [5.74, 6) is 2.64. The number of imidazole rings is 1. The zero-order valence-electron chi connectivity index (χ0n) is 19.5. The van der Waals surface area contributed by atoms with E-state index < -0.39 is 0 Å². The number of aryl methyl sites for hydroxylation is 1. The number of fused-ring (bicyclic) bond motifs is 1. The van der Waals surface area contributed by atoms with Crippen LogP contribution in [0.25, 0.3) is 11.0 Å². The lowest BCUT2D eigenvalue weighted by Gasteiger charge is -2.12. The number of ether oxygens (including phenoxy) is 2. The van der Waals surface area contributed by atoms with E-state index in [0.29, 0.717) is 0 Å². The molecule has 4 nitrogen and oxygen atoms in total. The summed E-state index contributed by atoms with van der Waals surface area (Å²) < 4.78 is 13.3. The highest BCUT2D eigenvalue weighted by Crippen LogP contribution is 2.29. The molecule has 0 N–H and O–H groups in total. The second-order valence-electron chi connectivity index (χ2n) is 8.36. The van der Waals surface area contributed by atoms with Gasteiger partial charge in [-0.3, -0.25) is 0 Å². The van der Waals surface area contributed by atoms with Crippen LogP contribution in [0.2, 0.25) is 0 Å². The van der Waals surface area contributed by atoms with E-state index in [1.165, 1.54) is 68.9 Å². The van der Waals surface area contributed by atoms with E-state index in [0.717, 1.165) is 35.8 Å². The van der Waals surface area contributed by atoms with Crippen molar-refractivity contribution < 1.29 is 9.47 Å². The smallest absolute Gasteiger partial charge is 0.161 e. The molecule has 0 aliphatic heterocycles. The van der Waals surface area contributed by atoms with E-state index in [-0.39, 0.29) is 0 Å². The summed E-state index contributed by atoms with van der Waals surface area (Å²) in [6.45, 7) is 3.30. The largest absolute Gasteiger partial charge is 0.493 e. The monoisotopic (exact) mass is 422 g/mol. The van der Waals surface area contributed by atoms with Crippen LogP contribution in [0, 0.1) is 0 Å². The van der Waals surface area contributed by atoms with Crippen LogP contribution < -0.4 is 9.47 Å². The zero-order valence-corrected chi connectivity index (χ0v) is 19.5. The molecule has 2 aromatic carbocycles. The van der Waals surface area contributed by atoms with Crippen molar-refractivity contribution in [3.05, 3.63) is 53.9 Å². The third kappa shape index (κ3) is 6.49. The third-order valence-electron chi connectivity index (χ3n) is 6.03. The van der Waals surface area contributed by atoms with Crippen molar-refractivity contribution in [2.24, 2.45) is 0 Å². The lowest BCUT2D eigenvalue weighted by atomic mass is 10.1. The number of aromatic nitrogens is 2. The average molecular weight is 423 g/mol. The van der Waals surface area contributed by atoms with Gasteiger partial charge in [-0.1, -0.05) is 76.5 Å². The number of nitrogens with zero attached hydrogens (tertiary/aromatic N) is 2. The molecule has 0 aliphatic carbocycles. The fourth-order valence-electron chi connectivity index (χ4n) is 4.26. The maximum absolute atomic E-state index is 5.48. The molecule has 0 aliphatic rings. The zero-order chi connectivity index (χ0) is 21.9. The van der Waals surface area contributed by atoms with Crippen molar-refractivity contribution in [3.8, 4) is 11.5 Å². The quantitative estimate of drug-likeness (QED) is 0.258. The molecule has 4 heteroatoms. The summed E-state index contributed by atoms with van der Waals surface area (Å²) >= 11 is 0. The average Bonchev–Trinajstić information content (AvgIpc) is 3.14. The summed E-state index contributed by atoms with van der Waals surface area (Å²) in [7, 11) is 3.35. The van der Waals surface area contributed by atoms with Crippen molar-refractivity contribution in [1.29, 1.82) is 0 Å². The predicted octanol–water partition coefficient (Wildman–Crippen LogP) is 7.18. The normalized spacial score (nSPS) is 11.2. The van der Waals surface area contributed by atoms with Crippen LogP contribution in [0.1, 0.15) is 76.1 Å². The van der Waals surface area contributed by atoms with Crippen LogP contribution in [0.15, 0.2) is 42.5 Å². The van der Waals surface area contributed by atoms with Crippen molar-refractivity contribution in [3.63, 3.8) is 0 Å². The molecule has 0 saturated heterocycles. The van der Waals surface area contributed by atoms with Crippen molar-refractivity contribution >= 4 is 11.0 Å². The van der Waals surface area contributed by atoms with Crippen molar-refractivity contribution in [2.45, 2.75) is 77.7 Å². The highest BCUT2D eigenvalue weighted by molar-refractivity contribution is 5.76. The first-order valence-electron chi connectivity index (χ1n) is 11.9. The number of hydrogen-bond donors (Lipinski definition) is 0. The van der Waals surface area contributed by atoms with Gasteiger partial charge in [-0.25, -0.2) is 4.98 Å². The van der Waals surface area contributed by atoms with Crippen LogP contribution in [-0.2, 0) is 13.0 Å². The van der Waals surface area contributed by atoms with E-state index in [4.69, 9.17) is 14.5 Å². The van der Waals surface area contributed by atoms with Crippen molar-refractivity contribution in [1.82, 2.24) is 9.55 Å². The molecule has 0 amide bonds. The van der Waals surface area contributed by atoms with Gasteiger partial charge in [0.2, 0.25) is 0 Å². The minimum atomic E-state index is 0.759. The summed E-state index contributed by atoms with van der Waals surface area (Å²) in [4.78, 5) is 4.95. The molecular weight excluding hydrogens is 384 g/mol. The highest BCUT2D eigenvalue weighted by atomic mass is 16.5. The van der Waals surface area contributed by atoms with Gasteiger partial charge in [-0.15, -0.1) is 0 Å². The van der Waals surface area contributed by atoms with Crippen LogP contribution in [0.3, 0.4) is 0 Å². The van der Waals surface area contributed by atoms with Gasteiger partial charge >= 0.3 is 0 Å². The Hall–Kier alpha value is -2.49. The summed E-state index contributed by atoms with van der Waals surface area (Å²) in [6.07, 6.45) is 12.9. The van der Waals surface area contributed by atoms with E-state index in [1.807, 2.05) is 6.07 Å². The molecule has 1 heterocycles. The molecule has 0 radical (unpaired) electrons. The topological polar surface area (TPSA) is 36.3 Å². The fourth-order valence-corrected chi connectivity index (χ4v) is 4.26. The maximum Gasteiger partial charge on any atom is 0.161 e. The van der Waals surface area contributed by atoms with Gasteiger partial charge in [0.05, 0.1) is 25.3 Å². The molecule has 0 atom stereocenters. The molecule has 0 saturated carbocycles. The number of benzene rings is 2. The second kappa shape index (κ2) is 12.4. The Morgan fingerprint density at radius 1 is 0.774 bits per heavy atom. The molecule has 0 unspecified atom stereocenters. The van der Waals surface area contributed by atoms with E-state index in [9.17, 15) is 0 Å². The molecule has 3 aromatic rings. The lowest BCUT2D eigenvalue weighted by Crippen LogP contribution is -2.05. The molecule has 31 heavy (non-hydrogen) atoms. The van der Waals surface area contributed by atoms with Crippen molar-refractivity contribution in [2.75, 3.05) is 14.2 Å². The Labute approximate surface area is 187 Å². The van der Waals surface area contributed by atoms with Gasteiger partial charge in [0, 0.05) is 13.0 Å². The minimum absolute atomic E-state index is 0.759. The Bertz CT molecular complexity index is 932. The van der Waals surface area contributed by atoms with Crippen LogP contribution in [-0.4, -0.2) is 23.8 Å². The van der Waals surface area contributed by atoms with Crippen LogP contribution in [0.4, 0.5) is 0 Å². The third-order valence-corrected chi connectivity index (χ3v) is 6.03. The Morgan fingerprint density at radius 2 is 1.45 bits per heavy atom. The summed E-state index contributed by atoms with van der Waals surface area (Å²) in [6, 6.07) is 14.6. The first-order valence-corrected chi connectivity index (χ1v) is 11.9. The fraction of sp³-hybridized carbons (Fsp3) is 0.519. The number of methoxy groups -OCH3 is 2. The van der Waals surface area contributed by atoms with Gasteiger partial charge in [0.1, 0.15) is 5.82 Å². The van der Waals surface area contributed by atoms with E-state index in [1.54, 1.807) is 14.2 Å². The number of rotatable bonds is 14. The molecule has 1 aromatic heterocycles. The Balaban J connectivity index is 1.62. The lowest BCUT2D eigenvalue weighted by molar-refractivity contribution is 0.354. The van der Waals surface area contributed by atoms with Gasteiger partial charge in [-0.2, -0.15) is 0 Å². The van der Waals surface area contributed by atoms with Crippen LogP contribution >= 0.6 is 0 Å². The van der Waals surface area contributed by atoms with Gasteiger partial charge < -0.3 is 14.0 Å². The molecule has 3 rings (SSSR count).